The maximum absolute atomic E-state index is 13.5. The van der Waals surface area contributed by atoms with Gasteiger partial charge in [-0.2, -0.15) is 0 Å². The number of nitrogens with one attached hydrogen (secondary N) is 1. The first-order valence-corrected chi connectivity index (χ1v) is 8.79. The van der Waals surface area contributed by atoms with Crippen molar-refractivity contribution in [2.24, 2.45) is 0 Å². The van der Waals surface area contributed by atoms with Crippen molar-refractivity contribution < 1.29 is 18.7 Å². The zero-order valence-corrected chi connectivity index (χ0v) is 15.8. The van der Waals surface area contributed by atoms with E-state index in [9.17, 15) is 9.18 Å². The number of ether oxygens (including phenoxy) is 2. The first-order chi connectivity index (χ1) is 11.7. The monoisotopic (exact) mass is 352 g/mol. The van der Waals surface area contributed by atoms with Gasteiger partial charge in [-0.1, -0.05) is 0 Å². The third kappa shape index (κ3) is 5.51. The Labute approximate surface area is 149 Å². The van der Waals surface area contributed by atoms with Crippen LogP contribution in [0.15, 0.2) is 18.2 Å². The van der Waals surface area contributed by atoms with Gasteiger partial charge in [-0.15, -0.1) is 0 Å². The molecule has 2 atom stereocenters. The van der Waals surface area contributed by atoms with E-state index in [0.717, 1.165) is 31.5 Å². The van der Waals surface area contributed by atoms with Gasteiger partial charge in [0.15, 0.2) is 11.6 Å². The topological polar surface area (TPSA) is 50.8 Å². The van der Waals surface area contributed by atoms with Gasteiger partial charge in [0.05, 0.1) is 7.11 Å². The summed E-state index contributed by atoms with van der Waals surface area (Å²) < 4.78 is 24.0. The van der Waals surface area contributed by atoms with E-state index in [1.165, 1.54) is 13.2 Å². The average molecular weight is 352 g/mol. The van der Waals surface area contributed by atoms with Gasteiger partial charge >= 0.3 is 6.09 Å². The molecule has 0 aromatic heterocycles. The second kappa shape index (κ2) is 7.93. The summed E-state index contributed by atoms with van der Waals surface area (Å²) in [4.78, 5) is 14.2. The van der Waals surface area contributed by atoms with Crippen molar-refractivity contribution >= 4 is 11.8 Å². The number of amides is 1. The van der Waals surface area contributed by atoms with Crippen LogP contribution < -0.4 is 10.1 Å². The Morgan fingerprint density at radius 2 is 2.16 bits per heavy atom. The van der Waals surface area contributed by atoms with Crippen molar-refractivity contribution in [1.82, 2.24) is 4.90 Å². The lowest BCUT2D eigenvalue weighted by molar-refractivity contribution is 0.0218. The number of carbonyl (C=O) groups is 1. The molecule has 1 saturated heterocycles. The van der Waals surface area contributed by atoms with Gasteiger partial charge < -0.3 is 19.7 Å². The largest absolute Gasteiger partial charge is 0.494 e. The van der Waals surface area contributed by atoms with E-state index in [1.54, 1.807) is 12.1 Å². The molecule has 1 N–H and O–H groups in total. The molecule has 2 unspecified atom stereocenters. The van der Waals surface area contributed by atoms with Crippen molar-refractivity contribution in [3.63, 3.8) is 0 Å². The number of nitrogens with zero attached hydrogens (tertiary/aromatic N) is 1. The van der Waals surface area contributed by atoms with Crippen LogP contribution in [0.4, 0.5) is 14.9 Å². The van der Waals surface area contributed by atoms with Crippen LogP contribution in [0.5, 0.6) is 5.75 Å². The van der Waals surface area contributed by atoms with Crippen LogP contribution in [0.25, 0.3) is 0 Å². The van der Waals surface area contributed by atoms with E-state index in [0.29, 0.717) is 0 Å². The van der Waals surface area contributed by atoms with Gasteiger partial charge in [0.25, 0.3) is 0 Å². The van der Waals surface area contributed by atoms with Crippen molar-refractivity contribution in [2.45, 2.75) is 64.6 Å². The Hall–Kier alpha value is -1.98. The lowest BCUT2D eigenvalue weighted by Crippen LogP contribution is -2.41. The molecular formula is C19H29FN2O3. The molecule has 6 heteroatoms. The molecule has 25 heavy (non-hydrogen) atoms. The first-order valence-electron chi connectivity index (χ1n) is 8.79. The zero-order valence-electron chi connectivity index (χ0n) is 15.8. The summed E-state index contributed by atoms with van der Waals surface area (Å²) >= 11 is 0. The molecule has 1 fully saturated rings. The van der Waals surface area contributed by atoms with Gasteiger partial charge in [-0.05, 0) is 59.1 Å². The first kappa shape index (κ1) is 19.3. The lowest BCUT2D eigenvalue weighted by atomic mass is 10.1. The highest BCUT2D eigenvalue weighted by molar-refractivity contribution is 5.69. The van der Waals surface area contributed by atoms with Crippen LogP contribution in [0.2, 0.25) is 0 Å². The number of methoxy groups -OCH3 is 1. The molecule has 2 rings (SSSR count). The van der Waals surface area contributed by atoms with E-state index in [-0.39, 0.29) is 29.7 Å². The fraction of sp³-hybridized carbons (Fsp3) is 0.632. The summed E-state index contributed by atoms with van der Waals surface area (Å²) in [5.41, 5.74) is 0.311. The van der Waals surface area contributed by atoms with Gasteiger partial charge in [0, 0.05) is 30.4 Å². The van der Waals surface area contributed by atoms with Gasteiger partial charge in [-0.25, -0.2) is 9.18 Å². The van der Waals surface area contributed by atoms with E-state index < -0.39 is 5.60 Å². The molecule has 0 radical (unpaired) electrons. The van der Waals surface area contributed by atoms with Crippen molar-refractivity contribution in [2.75, 3.05) is 19.0 Å². The molecular weight excluding hydrogens is 323 g/mol. The zero-order chi connectivity index (χ0) is 18.6. The second-order valence-corrected chi connectivity index (χ2v) is 7.60. The minimum absolute atomic E-state index is 0.128. The second-order valence-electron chi connectivity index (χ2n) is 7.60. The van der Waals surface area contributed by atoms with Crippen molar-refractivity contribution in [3.8, 4) is 5.75 Å². The number of likely N-dealkylation sites (tertiary alicyclic amines) is 1. The fourth-order valence-corrected chi connectivity index (χ4v) is 3.14. The van der Waals surface area contributed by atoms with Crippen molar-refractivity contribution in [3.05, 3.63) is 24.0 Å². The summed E-state index contributed by atoms with van der Waals surface area (Å²) in [5.74, 6) is -0.166. The summed E-state index contributed by atoms with van der Waals surface area (Å²) in [6.07, 6.45) is 2.52. The van der Waals surface area contributed by atoms with Gasteiger partial charge in [0.1, 0.15) is 5.60 Å². The number of carbonyl (C=O) groups excluding carboxylic acids is 1. The number of anilines is 1. The average Bonchev–Trinajstić information content (AvgIpc) is 2.95. The molecule has 1 aromatic carbocycles. The summed E-state index contributed by atoms with van der Waals surface area (Å²) in [6, 6.07) is 5.00. The maximum atomic E-state index is 13.5. The molecule has 1 aliphatic heterocycles. The smallest absolute Gasteiger partial charge is 0.410 e. The van der Waals surface area contributed by atoms with Crippen LogP contribution in [-0.4, -0.2) is 42.3 Å². The van der Waals surface area contributed by atoms with E-state index >= 15 is 0 Å². The number of hydrogen-bond acceptors (Lipinski definition) is 4. The molecule has 140 valence electrons. The maximum Gasteiger partial charge on any atom is 0.410 e. The Balaban J connectivity index is 1.95. The number of halogens is 1. The normalized spacial score (nSPS) is 18.8. The SMILES string of the molecule is COc1cc(NC(C)CC2CCCN2C(=O)OC(C)(C)C)ccc1F. The molecule has 1 aromatic rings. The third-order valence-corrected chi connectivity index (χ3v) is 4.19. The minimum Gasteiger partial charge on any atom is -0.494 e. The van der Waals surface area contributed by atoms with Gasteiger partial charge in [0.2, 0.25) is 0 Å². The van der Waals surface area contributed by atoms with E-state index in [2.05, 4.69) is 12.2 Å². The quantitative estimate of drug-likeness (QED) is 0.852. The van der Waals surface area contributed by atoms with Crippen molar-refractivity contribution in [1.29, 1.82) is 0 Å². The summed E-state index contributed by atoms with van der Waals surface area (Å²) in [7, 11) is 1.45. The van der Waals surface area contributed by atoms with Crippen LogP contribution >= 0.6 is 0 Å². The van der Waals surface area contributed by atoms with Crippen LogP contribution in [-0.2, 0) is 4.74 Å². The van der Waals surface area contributed by atoms with Crippen LogP contribution in [0.3, 0.4) is 0 Å². The number of benzene rings is 1. The Morgan fingerprint density at radius 1 is 1.44 bits per heavy atom. The van der Waals surface area contributed by atoms with E-state index in [1.807, 2.05) is 25.7 Å². The number of hydrogen-bond donors (Lipinski definition) is 1. The van der Waals surface area contributed by atoms with Crippen LogP contribution in [0, 0.1) is 5.82 Å². The Kier molecular flexibility index (Phi) is 6.14. The summed E-state index contributed by atoms with van der Waals surface area (Å²) in [6.45, 7) is 8.42. The standard InChI is InChI=1S/C19H29FN2O3/c1-13(21-14-8-9-16(20)17(12-14)24-5)11-15-7-6-10-22(15)18(23)25-19(2,3)4/h8-9,12-13,15,21H,6-7,10-11H2,1-5H3. The molecule has 1 heterocycles. The lowest BCUT2D eigenvalue weighted by Gasteiger charge is -2.30. The molecule has 0 aliphatic carbocycles. The third-order valence-electron chi connectivity index (χ3n) is 4.19. The Bertz CT molecular complexity index is 601. The minimum atomic E-state index is -0.487. The Morgan fingerprint density at radius 3 is 2.80 bits per heavy atom. The number of rotatable bonds is 5. The van der Waals surface area contributed by atoms with Gasteiger partial charge in [-0.3, -0.25) is 0 Å². The molecule has 0 spiro atoms. The predicted octanol–water partition coefficient (Wildman–Crippen LogP) is 4.42. The molecule has 0 bridgehead atoms. The molecule has 5 nitrogen and oxygen atoms in total. The summed E-state index contributed by atoms with van der Waals surface area (Å²) in [5, 5.41) is 3.35. The predicted molar refractivity (Wildman–Crippen MR) is 96.6 cm³/mol. The molecule has 1 aliphatic rings. The highest BCUT2D eigenvalue weighted by Crippen LogP contribution is 2.26. The molecule has 1 amide bonds. The highest BCUT2D eigenvalue weighted by Gasteiger charge is 2.32. The molecule has 0 saturated carbocycles. The van der Waals surface area contributed by atoms with Crippen LogP contribution in [0.1, 0.15) is 47.0 Å². The highest BCUT2D eigenvalue weighted by atomic mass is 19.1. The van der Waals surface area contributed by atoms with E-state index in [4.69, 9.17) is 9.47 Å². The fourth-order valence-electron chi connectivity index (χ4n) is 3.14.